The molecule has 0 fully saturated rings. The van der Waals surface area contributed by atoms with Gasteiger partial charge in [-0.3, -0.25) is 0 Å². The summed E-state index contributed by atoms with van der Waals surface area (Å²) in [6, 6.07) is 3.05. The van der Waals surface area contributed by atoms with Gasteiger partial charge in [0, 0.05) is 6.04 Å². The molecule has 3 nitrogen and oxygen atoms in total. The Morgan fingerprint density at radius 3 is 2.71 bits per heavy atom. The lowest BCUT2D eigenvalue weighted by atomic mass is 10.1. The van der Waals surface area contributed by atoms with Gasteiger partial charge in [0.15, 0.2) is 0 Å². The fourth-order valence-corrected chi connectivity index (χ4v) is 1.28. The Bertz CT molecular complexity index is 274. The van der Waals surface area contributed by atoms with Crippen molar-refractivity contribution in [1.82, 2.24) is 4.98 Å². The summed E-state index contributed by atoms with van der Waals surface area (Å²) in [5, 5.41) is 12.2. The molecule has 1 rings (SSSR count). The first-order chi connectivity index (χ1) is 6.58. The Hall–Kier alpha value is -1.16. The summed E-state index contributed by atoms with van der Waals surface area (Å²) in [5.74, 6) is 0.276. The van der Waals surface area contributed by atoms with Crippen molar-refractivity contribution in [2.45, 2.75) is 32.4 Å². The highest BCUT2D eigenvalue weighted by molar-refractivity contribution is 5.34. The molecule has 2 atom stereocenters. The lowest BCUT2D eigenvalue weighted by Crippen LogP contribution is -2.21. The van der Waals surface area contributed by atoms with Crippen LogP contribution in [0.3, 0.4) is 0 Å². The molecule has 0 aromatic carbocycles. The predicted octanol–water partition coefficient (Wildman–Crippen LogP) is 1.79. The van der Waals surface area contributed by atoms with Gasteiger partial charge in [-0.1, -0.05) is 0 Å². The second-order valence-electron chi connectivity index (χ2n) is 3.49. The van der Waals surface area contributed by atoms with Crippen LogP contribution >= 0.6 is 0 Å². The van der Waals surface area contributed by atoms with Crippen molar-refractivity contribution in [2.24, 2.45) is 0 Å². The first kappa shape index (κ1) is 10.9. The minimum absolute atomic E-state index is 0.118. The van der Waals surface area contributed by atoms with Crippen molar-refractivity contribution in [3.63, 3.8) is 0 Å². The molecule has 0 amide bonds. The zero-order valence-corrected chi connectivity index (χ0v) is 8.37. The number of aliphatic hydroxyl groups is 1. The molecule has 0 saturated heterocycles. The summed E-state index contributed by atoms with van der Waals surface area (Å²) in [6.07, 6.45) is 1.45. The van der Waals surface area contributed by atoms with Gasteiger partial charge in [0.1, 0.15) is 11.6 Å². The van der Waals surface area contributed by atoms with Gasteiger partial charge in [-0.25, -0.2) is 9.37 Å². The van der Waals surface area contributed by atoms with Crippen molar-refractivity contribution < 1.29 is 9.50 Å². The van der Waals surface area contributed by atoms with Crippen molar-refractivity contribution in [1.29, 1.82) is 0 Å². The standard InChI is InChI=1S/C10H15FN2O/c1-7(5-8(2)14)13-10-4-3-9(11)6-12-10/h3-4,6-8,14H,5H2,1-2H3,(H,12,13). The molecule has 0 bridgehead atoms. The highest BCUT2D eigenvalue weighted by Gasteiger charge is 2.06. The monoisotopic (exact) mass is 198 g/mol. The molecule has 0 aliphatic rings. The highest BCUT2D eigenvalue weighted by Crippen LogP contribution is 2.07. The van der Waals surface area contributed by atoms with E-state index in [0.717, 1.165) is 6.20 Å². The summed E-state index contributed by atoms with van der Waals surface area (Å²) in [5.41, 5.74) is 0. The van der Waals surface area contributed by atoms with Gasteiger partial charge in [-0.05, 0) is 32.4 Å². The number of rotatable bonds is 4. The molecule has 78 valence electrons. The third-order valence-corrected chi connectivity index (χ3v) is 1.82. The number of halogens is 1. The van der Waals surface area contributed by atoms with Crippen molar-refractivity contribution in [3.8, 4) is 0 Å². The quantitative estimate of drug-likeness (QED) is 0.775. The Morgan fingerprint density at radius 1 is 1.50 bits per heavy atom. The lowest BCUT2D eigenvalue weighted by Gasteiger charge is -2.15. The number of nitrogens with zero attached hydrogens (tertiary/aromatic N) is 1. The largest absolute Gasteiger partial charge is 0.393 e. The summed E-state index contributed by atoms with van der Waals surface area (Å²) in [7, 11) is 0. The van der Waals surface area contributed by atoms with Crippen molar-refractivity contribution in [2.75, 3.05) is 5.32 Å². The first-order valence-corrected chi connectivity index (χ1v) is 4.64. The fraction of sp³-hybridized carbons (Fsp3) is 0.500. The van der Waals surface area contributed by atoms with Gasteiger partial charge in [0.25, 0.3) is 0 Å². The van der Waals surface area contributed by atoms with Crippen LogP contribution in [-0.2, 0) is 0 Å². The van der Waals surface area contributed by atoms with Crippen LogP contribution in [0.2, 0.25) is 0 Å². The molecule has 0 aliphatic heterocycles. The molecule has 0 spiro atoms. The molecular weight excluding hydrogens is 183 g/mol. The molecule has 2 N–H and O–H groups in total. The van der Waals surface area contributed by atoms with Crippen molar-refractivity contribution in [3.05, 3.63) is 24.1 Å². The van der Waals surface area contributed by atoms with E-state index >= 15 is 0 Å². The molecule has 4 heteroatoms. The molecule has 14 heavy (non-hydrogen) atoms. The predicted molar refractivity (Wildman–Crippen MR) is 53.6 cm³/mol. The average Bonchev–Trinajstić information content (AvgIpc) is 2.07. The van der Waals surface area contributed by atoms with E-state index in [1.807, 2.05) is 6.92 Å². The van der Waals surface area contributed by atoms with Gasteiger partial charge in [-0.2, -0.15) is 0 Å². The van der Waals surface area contributed by atoms with Crippen LogP contribution < -0.4 is 5.32 Å². The normalized spacial score (nSPS) is 14.9. The van der Waals surface area contributed by atoms with E-state index in [0.29, 0.717) is 12.2 Å². The maximum Gasteiger partial charge on any atom is 0.141 e. The molecule has 2 unspecified atom stereocenters. The number of anilines is 1. The number of hydrogen-bond donors (Lipinski definition) is 2. The number of pyridine rings is 1. The number of hydrogen-bond acceptors (Lipinski definition) is 3. The molecule has 1 aromatic heterocycles. The summed E-state index contributed by atoms with van der Waals surface area (Å²) < 4.78 is 12.5. The van der Waals surface area contributed by atoms with Crippen LogP contribution in [-0.4, -0.2) is 22.2 Å². The van der Waals surface area contributed by atoms with E-state index in [9.17, 15) is 4.39 Å². The SMILES string of the molecule is CC(O)CC(C)Nc1ccc(F)cn1. The van der Waals surface area contributed by atoms with E-state index in [2.05, 4.69) is 10.3 Å². The average molecular weight is 198 g/mol. The van der Waals surface area contributed by atoms with Crippen LogP contribution in [0.25, 0.3) is 0 Å². The minimum atomic E-state index is -0.349. The van der Waals surface area contributed by atoms with E-state index in [-0.39, 0.29) is 18.0 Å². The van der Waals surface area contributed by atoms with Gasteiger partial charge in [0.05, 0.1) is 12.3 Å². The molecule has 0 saturated carbocycles. The summed E-state index contributed by atoms with van der Waals surface area (Å²) >= 11 is 0. The molecule has 0 aliphatic carbocycles. The van der Waals surface area contributed by atoms with Gasteiger partial charge in [-0.15, -0.1) is 0 Å². The van der Waals surface area contributed by atoms with Crippen LogP contribution in [0, 0.1) is 5.82 Å². The van der Waals surface area contributed by atoms with E-state index in [1.54, 1.807) is 13.0 Å². The van der Waals surface area contributed by atoms with E-state index in [4.69, 9.17) is 5.11 Å². The smallest absolute Gasteiger partial charge is 0.141 e. The van der Waals surface area contributed by atoms with Crippen LogP contribution in [0.5, 0.6) is 0 Å². The van der Waals surface area contributed by atoms with Gasteiger partial charge < -0.3 is 10.4 Å². The highest BCUT2D eigenvalue weighted by atomic mass is 19.1. The third kappa shape index (κ3) is 3.70. The number of aromatic nitrogens is 1. The Labute approximate surface area is 83.0 Å². The molecular formula is C10H15FN2O. The van der Waals surface area contributed by atoms with E-state index in [1.165, 1.54) is 6.07 Å². The Balaban J connectivity index is 2.47. The maximum absolute atomic E-state index is 12.5. The summed E-state index contributed by atoms with van der Waals surface area (Å²) in [4.78, 5) is 3.86. The first-order valence-electron chi connectivity index (χ1n) is 4.64. The molecule has 1 aromatic rings. The Kier molecular flexibility index (Phi) is 3.83. The van der Waals surface area contributed by atoms with Gasteiger partial charge >= 0.3 is 0 Å². The minimum Gasteiger partial charge on any atom is -0.393 e. The molecule has 1 heterocycles. The topological polar surface area (TPSA) is 45.1 Å². The van der Waals surface area contributed by atoms with E-state index < -0.39 is 0 Å². The maximum atomic E-state index is 12.5. The zero-order chi connectivity index (χ0) is 10.6. The fourth-order valence-electron chi connectivity index (χ4n) is 1.28. The second kappa shape index (κ2) is 4.91. The number of aliphatic hydroxyl groups excluding tert-OH is 1. The van der Waals surface area contributed by atoms with Crippen LogP contribution in [0.4, 0.5) is 10.2 Å². The zero-order valence-electron chi connectivity index (χ0n) is 8.37. The second-order valence-corrected chi connectivity index (χ2v) is 3.49. The summed E-state index contributed by atoms with van der Waals surface area (Å²) in [6.45, 7) is 3.67. The Morgan fingerprint density at radius 2 is 2.21 bits per heavy atom. The van der Waals surface area contributed by atoms with Crippen molar-refractivity contribution >= 4 is 5.82 Å². The van der Waals surface area contributed by atoms with Crippen LogP contribution in [0.1, 0.15) is 20.3 Å². The lowest BCUT2D eigenvalue weighted by molar-refractivity contribution is 0.179. The van der Waals surface area contributed by atoms with Crippen LogP contribution in [0.15, 0.2) is 18.3 Å². The number of nitrogens with one attached hydrogen (secondary N) is 1. The third-order valence-electron chi connectivity index (χ3n) is 1.82. The van der Waals surface area contributed by atoms with Gasteiger partial charge in [0.2, 0.25) is 0 Å². The molecule has 0 radical (unpaired) electrons.